The number of amides is 2. The first kappa shape index (κ1) is 20.1. The van der Waals surface area contributed by atoms with E-state index in [0.717, 1.165) is 18.4 Å². The van der Waals surface area contributed by atoms with Crippen LogP contribution < -0.4 is 5.32 Å². The summed E-state index contributed by atoms with van der Waals surface area (Å²) in [5, 5.41) is 2.89. The van der Waals surface area contributed by atoms with Crippen molar-refractivity contribution in [2.45, 2.75) is 58.8 Å². The van der Waals surface area contributed by atoms with Gasteiger partial charge >= 0.3 is 12.2 Å². The van der Waals surface area contributed by atoms with Gasteiger partial charge in [0.05, 0.1) is 6.04 Å². The van der Waals surface area contributed by atoms with Gasteiger partial charge in [0, 0.05) is 13.1 Å². The van der Waals surface area contributed by atoms with Crippen molar-refractivity contribution in [3.8, 4) is 0 Å². The van der Waals surface area contributed by atoms with Crippen molar-refractivity contribution in [3.63, 3.8) is 0 Å². The Morgan fingerprint density at radius 2 is 1.88 bits per heavy atom. The van der Waals surface area contributed by atoms with Gasteiger partial charge in [-0.05, 0) is 38.7 Å². The Labute approximate surface area is 155 Å². The highest BCUT2D eigenvalue weighted by molar-refractivity contribution is 5.69. The molecule has 0 bridgehead atoms. The molecule has 1 saturated heterocycles. The zero-order valence-electron chi connectivity index (χ0n) is 16.2. The number of carbonyl (C=O) groups is 2. The lowest BCUT2D eigenvalue weighted by molar-refractivity contribution is 0.0410. The van der Waals surface area contributed by atoms with E-state index in [0.29, 0.717) is 19.0 Å². The fraction of sp³-hybridized carbons (Fsp3) is 0.600. The minimum absolute atomic E-state index is 0.132. The van der Waals surface area contributed by atoms with Crippen molar-refractivity contribution >= 4 is 12.2 Å². The largest absolute Gasteiger partial charge is 0.445 e. The second-order valence-corrected chi connectivity index (χ2v) is 7.80. The normalized spacial score (nSPS) is 20.4. The highest BCUT2D eigenvalue weighted by atomic mass is 16.6. The van der Waals surface area contributed by atoms with Gasteiger partial charge in [-0.1, -0.05) is 43.7 Å². The van der Waals surface area contributed by atoms with Gasteiger partial charge in [-0.3, -0.25) is 0 Å². The zero-order chi connectivity index (χ0) is 19.2. The maximum atomic E-state index is 12.5. The van der Waals surface area contributed by atoms with Gasteiger partial charge < -0.3 is 19.7 Å². The number of carbonyl (C=O) groups excluding carboxylic acids is 2. The quantitative estimate of drug-likeness (QED) is 0.881. The SMILES string of the molecule is CCC1CC(NC(=O)OC(C)(C)C)CN(C(=O)OCc2ccccc2)C1. The summed E-state index contributed by atoms with van der Waals surface area (Å²) in [5.74, 6) is 0.327. The standard InChI is InChI=1S/C20H30N2O4/c1-5-15-11-17(21-18(23)26-20(2,3)4)13-22(12-15)19(24)25-14-16-9-7-6-8-10-16/h6-10,15,17H,5,11-14H2,1-4H3,(H,21,23). The van der Waals surface area contributed by atoms with Gasteiger partial charge in [0.25, 0.3) is 0 Å². The molecule has 1 aromatic carbocycles. The highest BCUT2D eigenvalue weighted by Gasteiger charge is 2.31. The van der Waals surface area contributed by atoms with Crippen LogP contribution in [0.15, 0.2) is 30.3 Å². The third-order valence-electron chi connectivity index (χ3n) is 4.30. The molecular formula is C20H30N2O4. The molecule has 0 aliphatic carbocycles. The Kier molecular flexibility index (Phi) is 6.89. The maximum Gasteiger partial charge on any atom is 0.410 e. The molecule has 144 valence electrons. The smallest absolute Gasteiger partial charge is 0.410 e. The average Bonchev–Trinajstić information content (AvgIpc) is 2.58. The van der Waals surface area contributed by atoms with Crippen molar-refractivity contribution < 1.29 is 19.1 Å². The lowest BCUT2D eigenvalue weighted by atomic mass is 9.92. The Morgan fingerprint density at radius 3 is 2.50 bits per heavy atom. The first-order valence-corrected chi connectivity index (χ1v) is 9.22. The number of benzene rings is 1. The first-order chi connectivity index (χ1) is 12.3. The summed E-state index contributed by atoms with van der Waals surface area (Å²) in [6, 6.07) is 9.47. The van der Waals surface area contributed by atoms with Crippen molar-refractivity contribution in [1.29, 1.82) is 0 Å². The molecule has 26 heavy (non-hydrogen) atoms. The van der Waals surface area contributed by atoms with Gasteiger partial charge in [-0.25, -0.2) is 9.59 Å². The first-order valence-electron chi connectivity index (χ1n) is 9.22. The van der Waals surface area contributed by atoms with Crippen LogP contribution in [-0.2, 0) is 16.1 Å². The predicted molar refractivity (Wildman–Crippen MR) is 99.8 cm³/mol. The molecule has 0 radical (unpaired) electrons. The van der Waals surface area contributed by atoms with Crippen LogP contribution in [0.25, 0.3) is 0 Å². The minimum atomic E-state index is -0.544. The molecule has 1 fully saturated rings. The molecule has 1 aliphatic rings. The van der Waals surface area contributed by atoms with Gasteiger partial charge in [-0.15, -0.1) is 0 Å². The Morgan fingerprint density at radius 1 is 1.19 bits per heavy atom. The van der Waals surface area contributed by atoms with E-state index in [2.05, 4.69) is 12.2 Å². The van der Waals surface area contributed by atoms with E-state index in [1.807, 2.05) is 51.1 Å². The van der Waals surface area contributed by atoms with E-state index < -0.39 is 11.7 Å². The lowest BCUT2D eigenvalue weighted by Gasteiger charge is -2.37. The number of likely N-dealkylation sites (tertiary alicyclic amines) is 1. The molecule has 2 atom stereocenters. The Hall–Kier alpha value is -2.24. The Balaban J connectivity index is 1.90. The molecule has 1 aromatic rings. The molecule has 1 heterocycles. The van der Waals surface area contributed by atoms with Gasteiger partial charge in [0.1, 0.15) is 12.2 Å². The second-order valence-electron chi connectivity index (χ2n) is 7.80. The summed E-state index contributed by atoms with van der Waals surface area (Å²) in [4.78, 5) is 26.2. The summed E-state index contributed by atoms with van der Waals surface area (Å²) in [5.41, 5.74) is 0.408. The summed E-state index contributed by atoms with van der Waals surface area (Å²) < 4.78 is 10.8. The number of nitrogens with zero attached hydrogens (tertiary/aromatic N) is 1. The van der Waals surface area contributed by atoms with E-state index in [1.165, 1.54) is 0 Å². The van der Waals surface area contributed by atoms with Crippen molar-refractivity contribution in [1.82, 2.24) is 10.2 Å². The molecule has 6 heteroatoms. The zero-order valence-corrected chi connectivity index (χ0v) is 16.2. The highest BCUT2D eigenvalue weighted by Crippen LogP contribution is 2.21. The van der Waals surface area contributed by atoms with E-state index >= 15 is 0 Å². The number of hydrogen-bond donors (Lipinski definition) is 1. The second kappa shape index (κ2) is 8.92. The van der Waals surface area contributed by atoms with Crippen LogP contribution in [0.5, 0.6) is 0 Å². The average molecular weight is 362 g/mol. The minimum Gasteiger partial charge on any atom is -0.445 e. The summed E-state index contributed by atoms with van der Waals surface area (Å²) in [6.45, 7) is 8.91. The summed E-state index contributed by atoms with van der Waals surface area (Å²) in [7, 11) is 0. The lowest BCUT2D eigenvalue weighted by Crippen LogP contribution is -2.53. The van der Waals surface area contributed by atoms with E-state index in [1.54, 1.807) is 4.90 Å². The fourth-order valence-corrected chi connectivity index (χ4v) is 3.04. The summed E-state index contributed by atoms with van der Waals surface area (Å²) >= 11 is 0. The number of rotatable bonds is 4. The van der Waals surface area contributed by atoms with Crippen LogP contribution in [0.4, 0.5) is 9.59 Å². The van der Waals surface area contributed by atoms with Crippen molar-refractivity contribution in [2.75, 3.05) is 13.1 Å². The molecule has 2 rings (SSSR count). The number of ether oxygens (including phenoxy) is 2. The molecule has 2 unspecified atom stereocenters. The third-order valence-corrected chi connectivity index (χ3v) is 4.30. The van der Waals surface area contributed by atoms with E-state index in [4.69, 9.17) is 9.47 Å². The van der Waals surface area contributed by atoms with Gasteiger partial charge in [0.2, 0.25) is 0 Å². The molecule has 1 aliphatic heterocycles. The topological polar surface area (TPSA) is 67.9 Å². The molecule has 1 N–H and O–H groups in total. The number of nitrogens with one attached hydrogen (secondary N) is 1. The third kappa shape index (κ3) is 6.58. The molecule has 2 amide bonds. The van der Waals surface area contributed by atoms with Crippen molar-refractivity contribution in [2.24, 2.45) is 5.92 Å². The fourth-order valence-electron chi connectivity index (χ4n) is 3.04. The maximum absolute atomic E-state index is 12.5. The van der Waals surface area contributed by atoms with Crippen LogP contribution >= 0.6 is 0 Å². The van der Waals surface area contributed by atoms with Crippen LogP contribution in [0.1, 0.15) is 46.1 Å². The van der Waals surface area contributed by atoms with Crippen LogP contribution in [0.3, 0.4) is 0 Å². The van der Waals surface area contributed by atoms with Gasteiger partial charge in [0.15, 0.2) is 0 Å². The Bertz CT molecular complexity index is 598. The molecule has 0 spiro atoms. The predicted octanol–water partition coefficient (Wildman–Crippen LogP) is 3.95. The van der Waals surface area contributed by atoms with E-state index in [9.17, 15) is 9.59 Å². The monoisotopic (exact) mass is 362 g/mol. The molecule has 0 aromatic heterocycles. The van der Waals surface area contributed by atoms with Crippen LogP contribution in [-0.4, -0.2) is 41.8 Å². The molecule has 6 nitrogen and oxygen atoms in total. The number of alkyl carbamates (subject to hydrolysis) is 1. The number of hydrogen-bond acceptors (Lipinski definition) is 4. The van der Waals surface area contributed by atoms with Crippen LogP contribution in [0.2, 0.25) is 0 Å². The van der Waals surface area contributed by atoms with Gasteiger partial charge in [-0.2, -0.15) is 0 Å². The van der Waals surface area contributed by atoms with E-state index in [-0.39, 0.29) is 18.7 Å². The summed E-state index contributed by atoms with van der Waals surface area (Å²) in [6.07, 6.45) is 0.979. The van der Waals surface area contributed by atoms with Crippen LogP contribution in [0, 0.1) is 5.92 Å². The van der Waals surface area contributed by atoms with Crippen molar-refractivity contribution in [3.05, 3.63) is 35.9 Å². The molecular weight excluding hydrogens is 332 g/mol. The number of piperidine rings is 1. The molecule has 0 saturated carbocycles.